The highest BCUT2D eigenvalue weighted by molar-refractivity contribution is 14.1. The van der Waals surface area contributed by atoms with Crippen LogP contribution in [0.25, 0.3) is 22.6 Å². The first-order chi connectivity index (χ1) is 13.9. The van der Waals surface area contributed by atoms with Crippen molar-refractivity contribution in [2.24, 2.45) is 0 Å². The van der Waals surface area contributed by atoms with Gasteiger partial charge in [0.1, 0.15) is 5.52 Å². The maximum absolute atomic E-state index is 12.5. The van der Waals surface area contributed by atoms with Gasteiger partial charge in [0.2, 0.25) is 5.89 Å². The van der Waals surface area contributed by atoms with E-state index in [-0.39, 0.29) is 11.6 Å². The quantitative estimate of drug-likeness (QED) is 0.225. The zero-order valence-electron chi connectivity index (χ0n) is 15.2. The van der Waals surface area contributed by atoms with Gasteiger partial charge in [0, 0.05) is 32.0 Å². The summed E-state index contributed by atoms with van der Waals surface area (Å²) in [6, 6.07) is 17.3. The highest BCUT2D eigenvalue weighted by Crippen LogP contribution is 2.27. The van der Waals surface area contributed by atoms with Crippen molar-refractivity contribution < 1.29 is 14.1 Å². The first-order valence-electron chi connectivity index (χ1n) is 8.63. The fourth-order valence-electron chi connectivity index (χ4n) is 2.95. The third kappa shape index (κ3) is 3.97. The van der Waals surface area contributed by atoms with Crippen molar-refractivity contribution in [3.63, 3.8) is 0 Å². The van der Waals surface area contributed by atoms with Gasteiger partial charge >= 0.3 is 0 Å². The molecule has 0 saturated heterocycles. The molecule has 0 aliphatic rings. The number of oxazole rings is 1. The molecule has 29 heavy (non-hydrogen) atoms. The number of carbonyl (C=O) groups is 1. The van der Waals surface area contributed by atoms with E-state index in [1.54, 1.807) is 25.1 Å². The Bertz CT molecular complexity index is 1270. The van der Waals surface area contributed by atoms with Crippen LogP contribution in [-0.2, 0) is 0 Å². The van der Waals surface area contributed by atoms with E-state index in [1.807, 2.05) is 24.3 Å². The Morgan fingerprint density at radius 3 is 2.69 bits per heavy atom. The van der Waals surface area contributed by atoms with Gasteiger partial charge in [-0.05, 0) is 78.0 Å². The largest absolute Gasteiger partial charge is 0.436 e. The minimum Gasteiger partial charge on any atom is -0.436 e. The van der Waals surface area contributed by atoms with Crippen LogP contribution in [0.4, 0.5) is 11.4 Å². The highest BCUT2D eigenvalue weighted by atomic mass is 127. The Hall–Kier alpha value is -3.27. The van der Waals surface area contributed by atoms with Gasteiger partial charge < -0.3 is 9.73 Å². The molecular weight excluding hydrogens is 485 g/mol. The number of rotatable bonds is 4. The second-order valence-electron chi connectivity index (χ2n) is 6.42. The van der Waals surface area contributed by atoms with E-state index in [2.05, 4.69) is 32.9 Å². The number of amides is 1. The van der Waals surface area contributed by atoms with Crippen LogP contribution < -0.4 is 5.32 Å². The van der Waals surface area contributed by atoms with Crippen molar-refractivity contribution in [2.45, 2.75) is 6.92 Å². The minimum atomic E-state index is -0.471. The number of hydrogen-bond acceptors (Lipinski definition) is 5. The van der Waals surface area contributed by atoms with E-state index < -0.39 is 4.92 Å². The van der Waals surface area contributed by atoms with Crippen molar-refractivity contribution in [3.05, 3.63) is 85.5 Å². The average Bonchev–Trinajstić information content (AvgIpc) is 3.11. The Morgan fingerprint density at radius 2 is 1.97 bits per heavy atom. The Balaban J connectivity index is 1.59. The van der Waals surface area contributed by atoms with Gasteiger partial charge in [-0.15, -0.1) is 0 Å². The van der Waals surface area contributed by atoms with Crippen molar-refractivity contribution in [3.8, 4) is 11.5 Å². The third-order valence-corrected chi connectivity index (χ3v) is 5.04. The fourth-order valence-corrected chi connectivity index (χ4v) is 3.50. The number of aryl methyl sites for hydroxylation is 1. The second-order valence-corrected chi connectivity index (χ2v) is 7.67. The molecule has 0 radical (unpaired) electrons. The molecule has 0 atom stereocenters. The molecule has 3 aromatic carbocycles. The Kier molecular flexibility index (Phi) is 5.01. The number of nitro groups is 1. The molecule has 1 aromatic heterocycles. The summed E-state index contributed by atoms with van der Waals surface area (Å²) in [6.45, 7) is 1.60. The van der Waals surface area contributed by atoms with Crippen LogP contribution in [0.15, 0.2) is 65.1 Å². The molecule has 0 fully saturated rings. The summed E-state index contributed by atoms with van der Waals surface area (Å²) in [5.41, 5.74) is 3.42. The number of nitro benzene ring substituents is 1. The summed E-state index contributed by atoms with van der Waals surface area (Å²) in [4.78, 5) is 27.5. The predicted molar refractivity (Wildman–Crippen MR) is 118 cm³/mol. The topological polar surface area (TPSA) is 98.3 Å². The summed E-state index contributed by atoms with van der Waals surface area (Å²) >= 11 is 2.23. The van der Waals surface area contributed by atoms with E-state index in [4.69, 9.17) is 4.42 Å². The highest BCUT2D eigenvalue weighted by Gasteiger charge is 2.15. The maximum Gasteiger partial charge on any atom is 0.272 e. The van der Waals surface area contributed by atoms with Crippen molar-refractivity contribution in [1.29, 1.82) is 0 Å². The molecule has 4 rings (SSSR count). The molecule has 1 amide bonds. The lowest BCUT2D eigenvalue weighted by Crippen LogP contribution is -2.12. The van der Waals surface area contributed by atoms with Crippen LogP contribution in [-0.4, -0.2) is 15.8 Å². The molecule has 1 N–H and O–H groups in total. The predicted octanol–water partition coefficient (Wildman–Crippen LogP) is 5.57. The third-order valence-electron chi connectivity index (χ3n) is 4.37. The van der Waals surface area contributed by atoms with Crippen molar-refractivity contribution >= 4 is 51.0 Å². The van der Waals surface area contributed by atoms with Gasteiger partial charge in [0.05, 0.1) is 4.92 Å². The minimum absolute atomic E-state index is 0.0198. The summed E-state index contributed by atoms with van der Waals surface area (Å²) in [5.74, 6) is 0.150. The Labute approximate surface area is 179 Å². The number of carbonyl (C=O) groups excluding carboxylic acids is 1. The molecule has 1 heterocycles. The molecule has 8 heteroatoms. The van der Waals surface area contributed by atoms with Gasteiger partial charge in [-0.1, -0.05) is 6.07 Å². The normalized spacial score (nSPS) is 10.8. The molecule has 4 aromatic rings. The lowest BCUT2D eigenvalue weighted by atomic mass is 10.1. The number of hydrogen-bond donors (Lipinski definition) is 1. The fraction of sp³-hybridized carbons (Fsp3) is 0.0476. The van der Waals surface area contributed by atoms with Crippen LogP contribution >= 0.6 is 22.6 Å². The van der Waals surface area contributed by atoms with E-state index in [1.165, 1.54) is 18.2 Å². The summed E-state index contributed by atoms with van der Waals surface area (Å²) in [5, 5.41) is 13.7. The van der Waals surface area contributed by atoms with Crippen LogP contribution in [0.3, 0.4) is 0 Å². The molecule has 0 saturated carbocycles. The van der Waals surface area contributed by atoms with Gasteiger partial charge in [-0.2, -0.15) is 0 Å². The van der Waals surface area contributed by atoms with E-state index in [9.17, 15) is 14.9 Å². The van der Waals surface area contributed by atoms with Gasteiger partial charge in [0.15, 0.2) is 5.58 Å². The number of benzene rings is 3. The number of anilines is 1. The van der Waals surface area contributed by atoms with E-state index in [0.717, 1.165) is 9.13 Å². The molecule has 0 unspecified atom stereocenters. The van der Waals surface area contributed by atoms with Crippen LogP contribution in [0.2, 0.25) is 0 Å². The van der Waals surface area contributed by atoms with Crippen LogP contribution in [0.5, 0.6) is 0 Å². The molecule has 7 nitrogen and oxygen atoms in total. The molecule has 0 aliphatic carbocycles. The average molecular weight is 499 g/mol. The molecule has 0 aliphatic heterocycles. The van der Waals surface area contributed by atoms with E-state index in [0.29, 0.717) is 33.8 Å². The number of fused-ring (bicyclic) bond motifs is 1. The lowest BCUT2D eigenvalue weighted by Gasteiger charge is -2.06. The molecule has 0 bridgehead atoms. The first-order valence-corrected chi connectivity index (χ1v) is 9.71. The number of halogens is 1. The maximum atomic E-state index is 12.5. The zero-order chi connectivity index (χ0) is 20.5. The Morgan fingerprint density at radius 1 is 1.14 bits per heavy atom. The van der Waals surface area contributed by atoms with E-state index >= 15 is 0 Å². The molecule has 0 spiro atoms. The van der Waals surface area contributed by atoms with Gasteiger partial charge in [-0.25, -0.2) is 4.98 Å². The molecule has 144 valence electrons. The number of nitrogens with zero attached hydrogens (tertiary/aromatic N) is 2. The number of aromatic nitrogens is 1. The standard InChI is InChI=1S/C21H14IN3O4/c1-12-9-13(5-7-18(12)25(27)28)20(26)23-16-6-8-19-17(11-16)24-21(29-19)14-3-2-4-15(22)10-14/h2-11H,1H3,(H,23,26). The van der Waals surface area contributed by atoms with Gasteiger partial charge in [0.25, 0.3) is 11.6 Å². The summed E-state index contributed by atoms with van der Waals surface area (Å²) in [7, 11) is 0. The zero-order valence-corrected chi connectivity index (χ0v) is 17.3. The van der Waals surface area contributed by atoms with Crippen molar-refractivity contribution in [2.75, 3.05) is 5.32 Å². The van der Waals surface area contributed by atoms with Crippen LogP contribution in [0.1, 0.15) is 15.9 Å². The lowest BCUT2D eigenvalue weighted by molar-refractivity contribution is -0.385. The van der Waals surface area contributed by atoms with Crippen LogP contribution in [0, 0.1) is 20.6 Å². The first kappa shape index (κ1) is 19.1. The summed E-state index contributed by atoms with van der Waals surface area (Å²) in [6.07, 6.45) is 0. The summed E-state index contributed by atoms with van der Waals surface area (Å²) < 4.78 is 6.89. The monoisotopic (exact) mass is 499 g/mol. The smallest absolute Gasteiger partial charge is 0.272 e. The number of nitrogens with one attached hydrogen (secondary N) is 1. The SMILES string of the molecule is Cc1cc(C(=O)Nc2ccc3oc(-c4cccc(I)c4)nc3c2)ccc1[N+](=O)[O-]. The van der Waals surface area contributed by atoms with Gasteiger partial charge in [-0.3, -0.25) is 14.9 Å². The second kappa shape index (κ2) is 7.63. The molecular formula is C21H14IN3O4. The van der Waals surface area contributed by atoms with Crippen molar-refractivity contribution in [1.82, 2.24) is 4.98 Å².